The topological polar surface area (TPSA) is 68.8 Å². The van der Waals surface area contributed by atoms with Crippen LogP contribution in [0.1, 0.15) is 31.0 Å². The van der Waals surface area contributed by atoms with Crippen LogP contribution in [-0.4, -0.2) is 20.2 Å². The second-order valence-corrected chi connectivity index (χ2v) is 6.02. The summed E-state index contributed by atoms with van der Waals surface area (Å²) in [5.41, 5.74) is -1.22. The van der Waals surface area contributed by atoms with E-state index in [1.165, 1.54) is 16.8 Å². The highest BCUT2D eigenvalue weighted by Crippen LogP contribution is 2.31. The molecule has 6 nitrogen and oxygen atoms in total. The molecule has 1 aromatic carbocycles. The Morgan fingerprint density at radius 1 is 1.16 bits per heavy atom. The van der Waals surface area contributed by atoms with Gasteiger partial charge >= 0.3 is 6.18 Å². The zero-order valence-corrected chi connectivity index (χ0v) is 13.6. The lowest BCUT2D eigenvalue weighted by Gasteiger charge is -2.24. The minimum Gasteiger partial charge on any atom is -0.468 e. The lowest BCUT2D eigenvalue weighted by atomic mass is 10.0. The van der Waals surface area contributed by atoms with Crippen LogP contribution in [0.15, 0.2) is 47.1 Å². The first kappa shape index (κ1) is 17.2. The summed E-state index contributed by atoms with van der Waals surface area (Å²) in [6, 6.07) is 8.47. The first-order valence-electron chi connectivity index (χ1n) is 7.51. The van der Waals surface area contributed by atoms with Gasteiger partial charge in [0.05, 0.1) is 29.6 Å². The van der Waals surface area contributed by atoms with E-state index in [-0.39, 0.29) is 5.69 Å². The van der Waals surface area contributed by atoms with Crippen molar-refractivity contribution in [2.45, 2.75) is 32.1 Å². The number of alkyl halides is 3. The van der Waals surface area contributed by atoms with E-state index in [2.05, 4.69) is 20.8 Å². The summed E-state index contributed by atoms with van der Waals surface area (Å²) in [5, 5.41) is 14.7. The summed E-state index contributed by atoms with van der Waals surface area (Å²) in [4.78, 5) is 0. The van der Waals surface area contributed by atoms with Crippen molar-refractivity contribution in [3.8, 4) is 5.69 Å². The van der Waals surface area contributed by atoms with Crippen molar-refractivity contribution < 1.29 is 17.6 Å². The van der Waals surface area contributed by atoms with E-state index in [0.717, 1.165) is 17.9 Å². The zero-order valence-electron chi connectivity index (χ0n) is 13.6. The molecule has 9 heteroatoms. The molecule has 0 fully saturated rings. The van der Waals surface area contributed by atoms with Crippen LogP contribution in [0.25, 0.3) is 5.69 Å². The van der Waals surface area contributed by atoms with Gasteiger partial charge in [0.1, 0.15) is 5.76 Å². The molecule has 0 unspecified atom stereocenters. The Kier molecular flexibility index (Phi) is 4.34. The molecule has 0 amide bonds. The molecule has 1 N–H and O–H groups in total. The number of hydrogen-bond donors (Lipinski definition) is 1. The number of benzene rings is 1. The third-order valence-corrected chi connectivity index (χ3v) is 3.73. The zero-order chi connectivity index (χ0) is 18.1. The molecular formula is C16H16F3N5O. The third kappa shape index (κ3) is 3.71. The maximum absolute atomic E-state index is 12.9. The smallest absolute Gasteiger partial charge is 0.416 e. The summed E-state index contributed by atoms with van der Waals surface area (Å²) < 4.78 is 45.4. The van der Waals surface area contributed by atoms with E-state index < -0.39 is 17.3 Å². The summed E-state index contributed by atoms with van der Waals surface area (Å²) in [5.74, 6) is 1.12. The van der Waals surface area contributed by atoms with Gasteiger partial charge in [-0.1, -0.05) is 6.07 Å². The number of nitrogens with zero attached hydrogens (tertiary/aromatic N) is 4. The highest BCUT2D eigenvalue weighted by Gasteiger charge is 2.32. The third-order valence-electron chi connectivity index (χ3n) is 3.73. The van der Waals surface area contributed by atoms with Gasteiger partial charge in [0, 0.05) is 0 Å². The molecule has 0 aliphatic carbocycles. The maximum Gasteiger partial charge on any atom is 0.416 e. The first-order chi connectivity index (χ1) is 11.8. The van der Waals surface area contributed by atoms with Crippen molar-refractivity contribution in [2.75, 3.05) is 0 Å². The highest BCUT2D eigenvalue weighted by molar-refractivity contribution is 5.37. The molecule has 3 rings (SSSR count). The van der Waals surface area contributed by atoms with Gasteiger partial charge in [0.25, 0.3) is 0 Å². The monoisotopic (exact) mass is 351 g/mol. The molecular weight excluding hydrogens is 335 g/mol. The number of hydrogen-bond acceptors (Lipinski definition) is 5. The van der Waals surface area contributed by atoms with E-state index in [1.54, 1.807) is 12.3 Å². The number of rotatable bonds is 5. The van der Waals surface area contributed by atoms with Gasteiger partial charge in [-0.3, -0.25) is 5.32 Å². The summed E-state index contributed by atoms with van der Waals surface area (Å²) in [6.07, 6.45) is -2.87. The number of tetrazole rings is 1. The van der Waals surface area contributed by atoms with Crippen molar-refractivity contribution in [3.63, 3.8) is 0 Å². The minimum absolute atomic E-state index is 0.239. The predicted molar refractivity (Wildman–Crippen MR) is 82.7 cm³/mol. The van der Waals surface area contributed by atoms with Gasteiger partial charge < -0.3 is 4.42 Å². The Bertz CT molecular complexity index is 840. The van der Waals surface area contributed by atoms with Gasteiger partial charge in [-0.2, -0.15) is 17.9 Å². The molecule has 0 bridgehead atoms. The van der Waals surface area contributed by atoms with E-state index in [9.17, 15) is 13.2 Å². The van der Waals surface area contributed by atoms with Gasteiger partial charge in [-0.05, 0) is 54.6 Å². The summed E-state index contributed by atoms with van der Waals surface area (Å²) in [6.45, 7) is 4.10. The van der Waals surface area contributed by atoms with E-state index in [0.29, 0.717) is 12.4 Å². The number of furan rings is 1. The molecule has 3 aromatic rings. The minimum atomic E-state index is -4.43. The maximum atomic E-state index is 12.9. The Hall–Kier alpha value is -2.68. The average molecular weight is 351 g/mol. The standard InChI is InChI=1S/C16H16F3N5O/c1-15(2,20-10-13-7-4-8-25-13)14-21-22-23-24(14)12-6-3-5-11(9-12)16(17,18)19/h3-9,20H,10H2,1-2H3. The fraction of sp³-hybridized carbons (Fsp3) is 0.312. The SMILES string of the molecule is CC(C)(NCc1ccco1)c1nnnn1-c1cccc(C(F)(F)F)c1. The molecule has 0 aliphatic rings. The number of aromatic nitrogens is 4. The predicted octanol–water partition coefficient (Wildman–Crippen LogP) is 3.30. The average Bonchev–Trinajstić information content (AvgIpc) is 3.24. The van der Waals surface area contributed by atoms with Crippen LogP contribution in [0, 0.1) is 0 Å². The second-order valence-electron chi connectivity index (χ2n) is 6.02. The Morgan fingerprint density at radius 2 is 1.96 bits per heavy atom. The molecule has 0 aliphatic heterocycles. The lowest BCUT2D eigenvalue weighted by molar-refractivity contribution is -0.137. The Labute approximate surface area is 141 Å². The van der Waals surface area contributed by atoms with Gasteiger partial charge in [0.2, 0.25) is 0 Å². The molecule has 2 aromatic heterocycles. The lowest BCUT2D eigenvalue weighted by Crippen LogP contribution is -2.38. The van der Waals surface area contributed by atoms with E-state index >= 15 is 0 Å². The van der Waals surface area contributed by atoms with Crippen molar-refractivity contribution >= 4 is 0 Å². The van der Waals surface area contributed by atoms with Crippen LogP contribution in [0.5, 0.6) is 0 Å². The van der Waals surface area contributed by atoms with Crippen molar-refractivity contribution in [1.82, 2.24) is 25.5 Å². The molecule has 2 heterocycles. The second kappa shape index (κ2) is 6.32. The van der Waals surface area contributed by atoms with Crippen LogP contribution in [0.2, 0.25) is 0 Å². The van der Waals surface area contributed by atoms with Gasteiger partial charge in [-0.15, -0.1) is 5.10 Å². The van der Waals surface area contributed by atoms with Crippen LogP contribution >= 0.6 is 0 Å². The van der Waals surface area contributed by atoms with Crippen molar-refractivity contribution in [2.24, 2.45) is 0 Å². The van der Waals surface area contributed by atoms with Crippen LogP contribution in [0.4, 0.5) is 13.2 Å². The molecule has 0 radical (unpaired) electrons. The molecule has 25 heavy (non-hydrogen) atoms. The number of halogens is 3. The van der Waals surface area contributed by atoms with E-state index in [1.807, 2.05) is 19.9 Å². The van der Waals surface area contributed by atoms with Gasteiger partial charge in [0.15, 0.2) is 5.82 Å². The largest absolute Gasteiger partial charge is 0.468 e. The molecule has 0 atom stereocenters. The fourth-order valence-corrected chi connectivity index (χ4v) is 2.37. The van der Waals surface area contributed by atoms with Crippen LogP contribution in [-0.2, 0) is 18.3 Å². The summed E-state index contributed by atoms with van der Waals surface area (Å²) in [7, 11) is 0. The molecule has 0 saturated heterocycles. The van der Waals surface area contributed by atoms with Crippen LogP contribution < -0.4 is 5.32 Å². The molecule has 132 valence electrons. The van der Waals surface area contributed by atoms with Gasteiger partial charge in [-0.25, -0.2) is 0 Å². The molecule has 0 spiro atoms. The fourth-order valence-electron chi connectivity index (χ4n) is 2.37. The molecule has 0 saturated carbocycles. The first-order valence-corrected chi connectivity index (χ1v) is 7.51. The van der Waals surface area contributed by atoms with Crippen molar-refractivity contribution in [3.05, 3.63) is 59.8 Å². The Morgan fingerprint density at radius 3 is 2.64 bits per heavy atom. The highest BCUT2D eigenvalue weighted by atomic mass is 19.4. The Balaban J connectivity index is 1.89. The van der Waals surface area contributed by atoms with Crippen LogP contribution in [0.3, 0.4) is 0 Å². The normalized spacial score (nSPS) is 12.5. The number of nitrogens with one attached hydrogen (secondary N) is 1. The van der Waals surface area contributed by atoms with Crippen molar-refractivity contribution in [1.29, 1.82) is 0 Å². The quantitative estimate of drug-likeness (QED) is 0.764. The summed E-state index contributed by atoms with van der Waals surface area (Å²) >= 11 is 0. The van der Waals surface area contributed by atoms with E-state index in [4.69, 9.17) is 4.42 Å².